The van der Waals surface area contributed by atoms with Gasteiger partial charge < -0.3 is 19.4 Å². The summed E-state index contributed by atoms with van der Waals surface area (Å²) in [6.45, 7) is 10.6. The van der Waals surface area contributed by atoms with Gasteiger partial charge in [0.05, 0.1) is 22.0 Å². The highest BCUT2D eigenvalue weighted by atomic mass is 35.5. The number of hydrogen-bond acceptors (Lipinski definition) is 7. The Morgan fingerprint density at radius 2 is 1.76 bits per heavy atom. The van der Waals surface area contributed by atoms with Crippen molar-refractivity contribution in [1.82, 2.24) is 14.8 Å². The van der Waals surface area contributed by atoms with Crippen LogP contribution in [-0.4, -0.2) is 97.7 Å². The number of aromatic nitrogens is 1. The van der Waals surface area contributed by atoms with Gasteiger partial charge in [0.2, 0.25) is 11.8 Å². The summed E-state index contributed by atoms with van der Waals surface area (Å²) in [5.74, 6) is -1.14. The lowest BCUT2D eigenvalue weighted by Gasteiger charge is -2.37. The number of carbonyl (C=O) groups excluding carboxylic acids is 3. The molecule has 45 heavy (non-hydrogen) atoms. The molecule has 246 valence electrons. The van der Waals surface area contributed by atoms with Crippen LogP contribution in [0.2, 0.25) is 5.02 Å². The van der Waals surface area contributed by atoms with Crippen molar-refractivity contribution in [2.75, 3.05) is 68.1 Å². The maximum absolute atomic E-state index is 13.9. The van der Waals surface area contributed by atoms with Crippen molar-refractivity contribution in [3.63, 3.8) is 0 Å². The fraction of sp³-hybridized carbons (Fsp3) is 0.548. The van der Waals surface area contributed by atoms with E-state index in [0.717, 1.165) is 17.0 Å². The van der Waals surface area contributed by atoms with Gasteiger partial charge in [0.15, 0.2) is 0 Å². The van der Waals surface area contributed by atoms with Gasteiger partial charge in [-0.25, -0.2) is 9.78 Å². The van der Waals surface area contributed by atoms with Gasteiger partial charge in [0.1, 0.15) is 17.5 Å². The average molecular weight is 653 g/mol. The van der Waals surface area contributed by atoms with Crippen LogP contribution in [0.3, 0.4) is 0 Å². The zero-order valence-corrected chi connectivity index (χ0v) is 27.2. The summed E-state index contributed by atoms with van der Waals surface area (Å²) in [7, 11) is 3.42. The second kappa shape index (κ2) is 13.4. The van der Waals surface area contributed by atoms with Crippen LogP contribution in [0.5, 0.6) is 0 Å². The van der Waals surface area contributed by atoms with E-state index in [1.165, 1.54) is 11.8 Å². The quantitative estimate of drug-likeness (QED) is 0.406. The lowest BCUT2D eigenvalue weighted by Crippen LogP contribution is -2.51. The molecule has 2 saturated heterocycles. The van der Waals surface area contributed by atoms with Crippen LogP contribution in [-0.2, 0) is 20.5 Å². The SMILES string of the molecule is Cc1cc(C(F)(F)F)cc(N2C(=O)CC[C@H]2C(=O)N(C)c2cccc(Cl)c2N(C)CCN2CCN(C(=O)OC(C)(C)C)CC2)n1. The van der Waals surface area contributed by atoms with Crippen molar-refractivity contribution in [3.8, 4) is 0 Å². The molecule has 4 rings (SSSR count). The first-order chi connectivity index (χ1) is 21.0. The molecule has 1 atom stereocenters. The van der Waals surface area contributed by atoms with E-state index in [1.807, 2.05) is 32.7 Å². The minimum Gasteiger partial charge on any atom is -0.444 e. The Bertz CT molecular complexity index is 1430. The molecule has 0 bridgehead atoms. The predicted molar refractivity (Wildman–Crippen MR) is 167 cm³/mol. The molecule has 10 nitrogen and oxygen atoms in total. The summed E-state index contributed by atoms with van der Waals surface area (Å²) in [4.78, 5) is 51.7. The van der Waals surface area contributed by atoms with Gasteiger partial charge >= 0.3 is 12.3 Å². The molecule has 0 unspecified atom stereocenters. The van der Waals surface area contributed by atoms with Gasteiger partial charge in [0, 0.05) is 65.5 Å². The number of para-hydroxylation sites is 1. The number of hydrogen-bond donors (Lipinski definition) is 0. The molecular weight excluding hydrogens is 613 g/mol. The molecule has 2 aromatic rings. The van der Waals surface area contributed by atoms with Crippen molar-refractivity contribution < 1.29 is 32.3 Å². The van der Waals surface area contributed by atoms with E-state index in [-0.39, 0.29) is 30.4 Å². The lowest BCUT2D eigenvalue weighted by atomic mass is 10.1. The van der Waals surface area contributed by atoms with Crippen LogP contribution in [0.1, 0.15) is 44.9 Å². The van der Waals surface area contributed by atoms with E-state index in [2.05, 4.69) is 9.88 Å². The molecular formula is C31H40ClF3N6O4. The number of halogens is 4. The van der Waals surface area contributed by atoms with Gasteiger partial charge in [-0.1, -0.05) is 17.7 Å². The Balaban J connectivity index is 1.47. The third-order valence-electron chi connectivity index (χ3n) is 7.83. The van der Waals surface area contributed by atoms with E-state index < -0.39 is 35.2 Å². The summed E-state index contributed by atoms with van der Waals surface area (Å²) < 4.78 is 46.1. The molecule has 0 N–H and O–H groups in total. The highest BCUT2D eigenvalue weighted by Crippen LogP contribution is 2.38. The Labute approximate surface area is 266 Å². The molecule has 3 heterocycles. The number of carbonyl (C=O) groups is 3. The Morgan fingerprint density at radius 3 is 2.38 bits per heavy atom. The fourth-order valence-electron chi connectivity index (χ4n) is 5.52. The largest absolute Gasteiger partial charge is 0.444 e. The van der Waals surface area contributed by atoms with Crippen LogP contribution in [0.25, 0.3) is 0 Å². The number of anilines is 3. The van der Waals surface area contributed by atoms with Crippen molar-refractivity contribution in [3.05, 3.63) is 46.6 Å². The number of amides is 3. The van der Waals surface area contributed by atoms with Crippen LogP contribution >= 0.6 is 11.6 Å². The minimum atomic E-state index is -4.63. The number of pyridine rings is 1. The Morgan fingerprint density at radius 1 is 1.09 bits per heavy atom. The van der Waals surface area contributed by atoms with Crippen molar-refractivity contribution in [2.45, 2.75) is 58.4 Å². The summed E-state index contributed by atoms with van der Waals surface area (Å²) in [6, 6.07) is 5.85. The number of benzene rings is 1. The Kier molecular flexibility index (Phi) is 10.2. The average Bonchev–Trinajstić information content (AvgIpc) is 3.34. The van der Waals surface area contributed by atoms with Gasteiger partial charge in [0.25, 0.3) is 0 Å². The highest BCUT2D eigenvalue weighted by Gasteiger charge is 2.41. The molecule has 0 aliphatic carbocycles. The maximum Gasteiger partial charge on any atom is 0.416 e. The number of aryl methyl sites for hydroxylation is 1. The number of ether oxygens (including phenoxy) is 1. The summed E-state index contributed by atoms with van der Waals surface area (Å²) in [5, 5.41) is 0.416. The zero-order chi connectivity index (χ0) is 33.3. The topological polar surface area (TPSA) is 89.5 Å². The summed E-state index contributed by atoms with van der Waals surface area (Å²) in [6.07, 6.45) is -4.81. The summed E-state index contributed by atoms with van der Waals surface area (Å²) in [5.41, 5.74) is -0.306. The monoisotopic (exact) mass is 652 g/mol. The second-order valence-corrected chi connectivity index (χ2v) is 12.8. The fourth-order valence-corrected chi connectivity index (χ4v) is 5.84. The van der Waals surface area contributed by atoms with E-state index >= 15 is 0 Å². The molecule has 0 spiro atoms. The first-order valence-corrected chi connectivity index (χ1v) is 15.2. The minimum absolute atomic E-state index is 0.00468. The van der Waals surface area contributed by atoms with Crippen LogP contribution < -0.4 is 14.7 Å². The third kappa shape index (κ3) is 8.18. The Hall–Kier alpha value is -3.58. The van der Waals surface area contributed by atoms with Gasteiger partial charge in [-0.15, -0.1) is 0 Å². The molecule has 1 aromatic heterocycles. The molecule has 0 radical (unpaired) electrons. The molecule has 14 heteroatoms. The van der Waals surface area contributed by atoms with Crippen LogP contribution in [0, 0.1) is 6.92 Å². The first-order valence-electron chi connectivity index (χ1n) is 14.8. The molecule has 0 saturated carbocycles. The molecule has 1 aromatic carbocycles. The third-order valence-corrected chi connectivity index (χ3v) is 8.13. The number of likely N-dealkylation sites (N-methyl/N-ethyl adjacent to an activating group) is 2. The van der Waals surface area contributed by atoms with Gasteiger partial charge in [-0.3, -0.25) is 19.4 Å². The van der Waals surface area contributed by atoms with Crippen LogP contribution in [0.15, 0.2) is 30.3 Å². The van der Waals surface area contributed by atoms with E-state index in [4.69, 9.17) is 16.3 Å². The number of alkyl halides is 3. The standard InChI is InChI=1S/C31H40ClF3N6O4/c1-20-18-21(31(33,34)35)19-25(36-20)41-24(10-11-26(41)42)28(43)38(6)23-9-7-8-22(32)27(23)37(5)12-13-39-14-16-40(17-15-39)29(44)45-30(2,3)4/h7-9,18-19,24H,10-17H2,1-6H3/t24-/m0/s1. The summed E-state index contributed by atoms with van der Waals surface area (Å²) >= 11 is 6.65. The number of piperazine rings is 1. The maximum atomic E-state index is 13.9. The number of rotatable bonds is 7. The molecule has 2 aliphatic heterocycles. The molecule has 3 amide bonds. The lowest BCUT2D eigenvalue weighted by molar-refractivity contribution is -0.137. The van der Waals surface area contributed by atoms with Crippen molar-refractivity contribution in [2.24, 2.45) is 0 Å². The first kappa shape index (κ1) is 34.3. The normalized spacial score (nSPS) is 17.9. The predicted octanol–water partition coefficient (Wildman–Crippen LogP) is 5.21. The zero-order valence-electron chi connectivity index (χ0n) is 26.4. The van der Waals surface area contributed by atoms with Crippen molar-refractivity contribution in [1.29, 1.82) is 0 Å². The second-order valence-electron chi connectivity index (χ2n) is 12.4. The number of nitrogens with zero attached hydrogens (tertiary/aromatic N) is 6. The van der Waals surface area contributed by atoms with Crippen LogP contribution in [0.4, 0.5) is 35.2 Å². The van der Waals surface area contributed by atoms with Gasteiger partial charge in [-0.05, 0) is 58.4 Å². The highest BCUT2D eigenvalue weighted by molar-refractivity contribution is 6.34. The van der Waals surface area contributed by atoms with E-state index in [1.54, 1.807) is 30.1 Å². The van der Waals surface area contributed by atoms with Gasteiger partial charge in [-0.2, -0.15) is 13.2 Å². The molecule has 2 fully saturated rings. The molecule has 2 aliphatic rings. The van der Waals surface area contributed by atoms with E-state index in [9.17, 15) is 27.6 Å². The van der Waals surface area contributed by atoms with Crippen molar-refractivity contribution >= 4 is 46.7 Å². The smallest absolute Gasteiger partial charge is 0.416 e. The van der Waals surface area contributed by atoms with E-state index in [0.29, 0.717) is 55.7 Å².